The molecule has 100 valence electrons. The average molecular weight is 248 g/mol. The van der Waals surface area contributed by atoms with Crippen LogP contribution in [-0.2, 0) is 11.2 Å². The lowest BCUT2D eigenvalue weighted by Crippen LogP contribution is -2.51. The van der Waals surface area contributed by atoms with Crippen molar-refractivity contribution in [1.82, 2.24) is 5.32 Å². The van der Waals surface area contributed by atoms with Gasteiger partial charge in [-0.3, -0.25) is 10.1 Å². The smallest absolute Gasteiger partial charge is 0.237 e. The third-order valence-corrected chi connectivity index (χ3v) is 3.35. The van der Waals surface area contributed by atoms with Crippen LogP contribution in [0.4, 0.5) is 0 Å². The SMILES string of the molecule is CCc1ccc(C(CC)NC(C)(C)C(N)=O)cc1. The van der Waals surface area contributed by atoms with Crippen LogP contribution in [-0.4, -0.2) is 11.4 Å². The van der Waals surface area contributed by atoms with E-state index in [1.54, 1.807) is 0 Å². The number of carbonyl (C=O) groups excluding carboxylic acids is 1. The quantitative estimate of drug-likeness (QED) is 0.813. The number of nitrogens with two attached hydrogens (primary N) is 1. The third-order valence-electron chi connectivity index (χ3n) is 3.35. The lowest BCUT2D eigenvalue weighted by Gasteiger charge is -2.29. The molecule has 0 aliphatic carbocycles. The molecule has 0 spiro atoms. The summed E-state index contributed by atoms with van der Waals surface area (Å²) in [5, 5.41) is 3.32. The predicted octanol–water partition coefficient (Wildman–Crippen LogP) is 2.55. The van der Waals surface area contributed by atoms with Crippen LogP contribution in [0, 0.1) is 0 Å². The van der Waals surface area contributed by atoms with Gasteiger partial charge in [0.2, 0.25) is 5.91 Å². The molecule has 18 heavy (non-hydrogen) atoms. The molecule has 0 bridgehead atoms. The zero-order chi connectivity index (χ0) is 13.8. The first kappa shape index (κ1) is 14.7. The monoisotopic (exact) mass is 248 g/mol. The number of rotatable bonds is 6. The molecule has 0 saturated heterocycles. The summed E-state index contributed by atoms with van der Waals surface area (Å²) in [5.41, 5.74) is 7.23. The highest BCUT2D eigenvalue weighted by Crippen LogP contribution is 2.20. The fourth-order valence-electron chi connectivity index (χ4n) is 1.91. The van der Waals surface area contributed by atoms with E-state index in [1.807, 2.05) is 13.8 Å². The first-order valence-corrected chi connectivity index (χ1v) is 6.57. The Morgan fingerprint density at radius 2 is 1.83 bits per heavy atom. The highest BCUT2D eigenvalue weighted by atomic mass is 16.1. The number of amides is 1. The molecule has 3 heteroatoms. The number of carbonyl (C=O) groups is 1. The molecule has 0 aliphatic heterocycles. The number of aryl methyl sites for hydroxylation is 1. The molecule has 1 aromatic carbocycles. The van der Waals surface area contributed by atoms with E-state index in [2.05, 4.69) is 43.4 Å². The number of hydrogen-bond acceptors (Lipinski definition) is 2. The maximum atomic E-state index is 11.4. The Bertz CT molecular complexity index is 395. The van der Waals surface area contributed by atoms with E-state index in [1.165, 1.54) is 11.1 Å². The van der Waals surface area contributed by atoms with Gasteiger partial charge < -0.3 is 5.73 Å². The number of primary amides is 1. The molecular formula is C15H24N2O. The van der Waals surface area contributed by atoms with Gasteiger partial charge in [-0.2, -0.15) is 0 Å². The molecule has 1 aromatic rings. The zero-order valence-corrected chi connectivity index (χ0v) is 11.8. The second-order valence-corrected chi connectivity index (χ2v) is 5.19. The predicted molar refractivity (Wildman–Crippen MR) is 75.3 cm³/mol. The van der Waals surface area contributed by atoms with Crippen LogP contribution < -0.4 is 11.1 Å². The minimum atomic E-state index is -0.690. The van der Waals surface area contributed by atoms with Gasteiger partial charge >= 0.3 is 0 Å². The topological polar surface area (TPSA) is 55.1 Å². The van der Waals surface area contributed by atoms with Crippen molar-refractivity contribution in [3.63, 3.8) is 0 Å². The van der Waals surface area contributed by atoms with Gasteiger partial charge in [-0.1, -0.05) is 38.1 Å². The van der Waals surface area contributed by atoms with Crippen LogP contribution >= 0.6 is 0 Å². The van der Waals surface area contributed by atoms with Crippen molar-refractivity contribution in [2.45, 2.75) is 52.1 Å². The highest BCUT2D eigenvalue weighted by molar-refractivity contribution is 5.83. The molecule has 0 fully saturated rings. The Hall–Kier alpha value is -1.35. The molecule has 1 atom stereocenters. The minimum Gasteiger partial charge on any atom is -0.368 e. The summed E-state index contributed by atoms with van der Waals surface area (Å²) in [5.74, 6) is -0.328. The Kier molecular flexibility index (Phi) is 4.91. The zero-order valence-electron chi connectivity index (χ0n) is 11.8. The first-order chi connectivity index (χ1) is 8.40. The number of benzene rings is 1. The normalized spacial score (nSPS) is 13.3. The summed E-state index contributed by atoms with van der Waals surface area (Å²) in [6.45, 7) is 7.88. The summed E-state index contributed by atoms with van der Waals surface area (Å²) in [4.78, 5) is 11.4. The van der Waals surface area contributed by atoms with Gasteiger partial charge in [-0.15, -0.1) is 0 Å². The Morgan fingerprint density at radius 3 is 2.22 bits per heavy atom. The summed E-state index contributed by atoms with van der Waals surface area (Å²) >= 11 is 0. The molecule has 1 amide bonds. The van der Waals surface area contributed by atoms with E-state index in [0.29, 0.717) is 0 Å². The van der Waals surface area contributed by atoms with Crippen molar-refractivity contribution in [2.75, 3.05) is 0 Å². The van der Waals surface area contributed by atoms with Gasteiger partial charge in [0.25, 0.3) is 0 Å². The Balaban J connectivity index is 2.86. The molecule has 3 nitrogen and oxygen atoms in total. The van der Waals surface area contributed by atoms with Crippen LogP contribution in [0.3, 0.4) is 0 Å². The van der Waals surface area contributed by atoms with Crippen LogP contribution in [0.5, 0.6) is 0 Å². The van der Waals surface area contributed by atoms with E-state index in [4.69, 9.17) is 5.73 Å². The summed E-state index contributed by atoms with van der Waals surface area (Å²) in [7, 11) is 0. The van der Waals surface area contributed by atoms with E-state index in [0.717, 1.165) is 12.8 Å². The van der Waals surface area contributed by atoms with E-state index in [-0.39, 0.29) is 11.9 Å². The maximum Gasteiger partial charge on any atom is 0.237 e. The van der Waals surface area contributed by atoms with E-state index in [9.17, 15) is 4.79 Å². The van der Waals surface area contributed by atoms with Gasteiger partial charge in [0.05, 0.1) is 5.54 Å². The summed E-state index contributed by atoms with van der Waals surface area (Å²) < 4.78 is 0. The molecule has 0 aromatic heterocycles. The minimum absolute atomic E-state index is 0.151. The molecule has 1 rings (SSSR count). The molecule has 1 unspecified atom stereocenters. The molecule has 0 aliphatic rings. The van der Waals surface area contributed by atoms with Crippen molar-refractivity contribution >= 4 is 5.91 Å². The van der Waals surface area contributed by atoms with Crippen molar-refractivity contribution < 1.29 is 4.79 Å². The molecular weight excluding hydrogens is 224 g/mol. The van der Waals surface area contributed by atoms with Crippen molar-refractivity contribution in [2.24, 2.45) is 5.73 Å². The number of nitrogens with one attached hydrogen (secondary N) is 1. The Morgan fingerprint density at radius 1 is 1.28 bits per heavy atom. The molecule has 0 radical (unpaired) electrons. The van der Waals surface area contributed by atoms with Gasteiger partial charge in [0.1, 0.15) is 0 Å². The van der Waals surface area contributed by atoms with Crippen LogP contribution in [0.2, 0.25) is 0 Å². The summed E-state index contributed by atoms with van der Waals surface area (Å²) in [6, 6.07) is 8.67. The van der Waals surface area contributed by atoms with Crippen LogP contribution in [0.25, 0.3) is 0 Å². The second-order valence-electron chi connectivity index (χ2n) is 5.19. The van der Waals surface area contributed by atoms with Gasteiger partial charge in [-0.25, -0.2) is 0 Å². The summed E-state index contributed by atoms with van der Waals surface area (Å²) in [6.07, 6.45) is 1.96. The molecule has 3 N–H and O–H groups in total. The lowest BCUT2D eigenvalue weighted by molar-refractivity contribution is -0.123. The Labute approximate surface area is 110 Å². The molecule has 0 heterocycles. The second kappa shape index (κ2) is 6.01. The van der Waals surface area contributed by atoms with Crippen molar-refractivity contribution in [3.05, 3.63) is 35.4 Å². The fraction of sp³-hybridized carbons (Fsp3) is 0.533. The highest BCUT2D eigenvalue weighted by Gasteiger charge is 2.27. The van der Waals surface area contributed by atoms with Gasteiger partial charge in [-0.05, 0) is 37.8 Å². The maximum absolute atomic E-state index is 11.4. The lowest BCUT2D eigenvalue weighted by atomic mass is 9.97. The van der Waals surface area contributed by atoms with Crippen LogP contribution in [0.1, 0.15) is 51.3 Å². The average Bonchev–Trinajstić information content (AvgIpc) is 2.36. The largest absolute Gasteiger partial charge is 0.368 e. The van der Waals surface area contributed by atoms with Gasteiger partial charge in [0, 0.05) is 6.04 Å². The van der Waals surface area contributed by atoms with Crippen molar-refractivity contribution in [1.29, 1.82) is 0 Å². The first-order valence-electron chi connectivity index (χ1n) is 6.57. The van der Waals surface area contributed by atoms with Crippen LogP contribution in [0.15, 0.2) is 24.3 Å². The van der Waals surface area contributed by atoms with Crippen molar-refractivity contribution in [3.8, 4) is 0 Å². The number of hydrogen-bond donors (Lipinski definition) is 2. The third kappa shape index (κ3) is 3.57. The molecule has 0 saturated carbocycles. The fourth-order valence-corrected chi connectivity index (χ4v) is 1.91. The standard InChI is InChI=1S/C15H24N2O/c1-5-11-7-9-12(10-8-11)13(6-2)17-15(3,4)14(16)18/h7-10,13,17H,5-6H2,1-4H3,(H2,16,18). The van der Waals surface area contributed by atoms with E-state index < -0.39 is 5.54 Å². The van der Waals surface area contributed by atoms with Gasteiger partial charge in [0.15, 0.2) is 0 Å². The van der Waals surface area contributed by atoms with E-state index >= 15 is 0 Å².